The molecule has 0 aliphatic rings. The molecule has 0 bridgehead atoms. The van der Waals surface area contributed by atoms with Gasteiger partial charge in [-0.2, -0.15) is 8.78 Å². The smallest absolute Gasteiger partial charge is 0.387 e. The highest BCUT2D eigenvalue weighted by molar-refractivity contribution is 5.73. The number of urea groups is 1. The lowest BCUT2D eigenvalue weighted by molar-refractivity contribution is -0.0512. The molecule has 0 aliphatic carbocycles. The molecule has 2 amide bonds. The van der Waals surface area contributed by atoms with Gasteiger partial charge in [0, 0.05) is 26.3 Å². The fourth-order valence-corrected chi connectivity index (χ4v) is 1.97. The quantitative estimate of drug-likeness (QED) is 0.604. The molecule has 0 heterocycles. The van der Waals surface area contributed by atoms with Crippen LogP contribution in [0.25, 0.3) is 0 Å². The van der Waals surface area contributed by atoms with E-state index in [0.29, 0.717) is 32.7 Å². The number of carbonyl (C=O) groups excluding carboxylic acids is 1. The van der Waals surface area contributed by atoms with Gasteiger partial charge in [0.25, 0.3) is 0 Å². The maximum Gasteiger partial charge on any atom is 0.387 e. The summed E-state index contributed by atoms with van der Waals surface area (Å²) < 4.78 is 39.3. The van der Waals surface area contributed by atoms with Crippen LogP contribution in [0.2, 0.25) is 0 Å². The van der Waals surface area contributed by atoms with Crippen molar-refractivity contribution in [3.8, 4) is 11.5 Å². The van der Waals surface area contributed by atoms with E-state index in [9.17, 15) is 13.6 Å². The molecule has 0 aliphatic heterocycles. The first-order valence-corrected chi connectivity index (χ1v) is 7.78. The molecular weight excluding hydrogens is 322 g/mol. The Bertz CT molecular complexity index is 501. The number of methoxy groups -OCH3 is 1. The predicted octanol–water partition coefficient (Wildman–Crippen LogP) is 2.56. The molecule has 0 saturated heterocycles. The van der Waals surface area contributed by atoms with Crippen molar-refractivity contribution in [2.45, 2.75) is 26.4 Å². The van der Waals surface area contributed by atoms with Gasteiger partial charge < -0.3 is 24.8 Å². The van der Waals surface area contributed by atoms with E-state index in [1.165, 1.54) is 13.2 Å². The molecule has 2 N–H and O–H groups in total. The van der Waals surface area contributed by atoms with Crippen LogP contribution in [0, 0.1) is 0 Å². The number of rotatable bonds is 11. The van der Waals surface area contributed by atoms with Crippen molar-refractivity contribution < 1.29 is 27.8 Å². The van der Waals surface area contributed by atoms with Gasteiger partial charge in [0.15, 0.2) is 11.5 Å². The van der Waals surface area contributed by atoms with Gasteiger partial charge in [0.1, 0.15) is 0 Å². The number of benzene rings is 1. The van der Waals surface area contributed by atoms with Crippen LogP contribution in [0.4, 0.5) is 13.6 Å². The SMILES string of the molecule is CCOCCCNC(=O)NCCc1ccc(OC)c(OC(F)F)c1. The molecule has 0 spiro atoms. The first kappa shape index (κ1) is 20.0. The number of nitrogens with one attached hydrogen (secondary N) is 2. The van der Waals surface area contributed by atoms with Crippen LogP contribution in [-0.2, 0) is 11.2 Å². The Balaban J connectivity index is 2.35. The summed E-state index contributed by atoms with van der Waals surface area (Å²) in [7, 11) is 1.38. The van der Waals surface area contributed by atoms with E-state index in [-0.39, 0.29) is 17.5 Å². The summed E-state index contributed by atoms with van der Waals surface area (Å²) in [6.07, 6.45) is 1.23. The third kappa shape index (κ3) is 7.96. The number of amides is 2. The van der Waals surface area contributed by atoms with Crippen LogP contribution in [0.3, 0.4) is 0 Å². The van der Waals surface area contributed by atoms with Gasteiger partial charge in [0.05, 0.1) is 7.11 Å². The zero-order valence-corrected chi connectivity index (χ0v) is 13.9. The third-order valence-corrected chi connectivity index (χ3v) is 3.10. The number of ether oxygens (including phenoxy) is 3. The minimum absolute atomic E-state index is 0.0228. The van der Waals surface area contributed by atoms with E-state index in [1.807, 2.05) is 6.92 Å². The lowest BCUT2D eigenvalue weighted by atomic mass is 10.1. The molecule has 0 atom stereocenters. The van der Waals surface area contributed by atoms with E-state index in [0.717, 1.165) is 12.0 Å². The normalized spacial score (nSPS) is 10.5. The zero-order valence-electron chi connectivity index (χ0n) is 13.9. The summed E-state index contributed by atoms with van der Waals surface area (Å²) >= 11 is 0. The number of halogens is 2. The molecule has 8 heteroatoms. The van der Waals surface area contributed by atoms with Gasteiger partial charge in [-0.3, -0.25) is 0 Å². The Hall–Kier alpha value is -2.09. The highest BCUT2D eigenvalue weighted by atomic mass is 19.3. The van der Waals surface area contributed by atoms with Crippen LogP contribution in [0.15, 0.2) is 18.2 Å². The second-order valence-electron chi connectivity index (χ2n) is 4.85. The summed E-state index contributed by atoms with van der Waals surface area (Å²) in [5, 5.41) is 5.41. The molecule has 6 nitrogen and oxygen atoms in total. The summed E-state index contributed by atoms with van der Waals surface area (Å²) in [5.41, 5.74) is 0.753. The average molecular weight is 346 g/mol. The average Bonchev–Trinajstić information content (AvgIpc) is 2.54. The monoisotopic (exact) mass is 346 g/mol. The Kier molecular flexibility index (Phi) is 9.52. The lowest BCUT2D eigenvalue weighted by Crippen LogP contribution is -2.37. The van der Waals surface area contributed by atoms with Crippen molar-refractivity contribution >= 4 is 6.03 Å². The van der Waals surface area contributed by atoms with Crippen molar-refractivity contribution in [1.29, 1.82) is 0 Å². The molecule has 0 saturated carbocycles. The summed E-state index contributed by atoms with van der Waals surface area (Å²) in [6, 6.07) is 4.50. The number of carbonyl (C=O) groups is 1. The maximum atomic E-state index is 12.4. The first-order chi connectivity index (χ1) is 11.6. The van der Waals surface area contributed by atoms with Crippen LogP contribution in [-0.4, -0.2) is 46.1 Å². The number of hydrogen-bond acceptors (Lipinski definition) is 4. The van der Waals surface area contributed by atoms with Gasteiger partial charge in [-0.25, -0.2) is 4.79 Å². The van der Waals surface area contributed by atoms with Gasteiger partial charge >= 0.3 is 12.6 Å². The predicted molar refractivity (Wildman–Crippen MR) is 85.8 cm³/mol. The van der Waals surface area contributed by atoms with E-state index in [1.54, 1.807) is 12.1 Å². The molecule has 0 radical (unpaired) electrons. The molecule has 0 fully saturated rings. The maximum absolute atomic E-state index is 12.4. The molecule has 0 aromatic heterocycles. The fourth-order valence-electron chi connectivity index (χ4n) is 1.97. The molecule has 0 unspecified atom stereocenters. The standard InChI is InChI=1S/C16H24F2N2O4/c1-3-23-10-4-8-19-16(21)20-9-7-12-5-6-13(22-2)14(11-12)24-15(17)18/h5-6,11,15H,3-4,7-10H2,1-2H3,(H2,19,20,21). The third-order valence-electron chi connectivity index (χ3n) is 3.10. The highest BCUT2D eigenvalue weighted by Gasteiger charge is 2.11. The molecule has 136 valence electrons. The summed E-state index contributed by atoms with van der Waals surface area (Å²) in [5.74, 6) is 0.212. The molecule has 24 heavy (non-hydrogen) atoms. The van der Waals surface area contributed by atoms with Crippen LogP contribution < -0.4 is 20.1 Å². The van der Waals surface area contributed by atoms with Crippen molar-refractivity contribution in [1.82, 2.24) is 10.6 Å². The molecular formula is C16H24F2N2O4. The molecule has 1 aromatic carbocycles. The second-order valence-corrected chi connectivity index (χ2v) is 4.85. The van der Waals surface area contributed by atoms with Crippen molar-refractivity contribution in [3.05, 3.63) is 23.8 Å². The molecule has 1 aromatic rings. The van der Waals surface area contributed by atoms with Crippen LogP contribution in [0.1, 0.15) is 18.9 Å². The molecule has 1 rings (SSSR count). The second kappa shape index (κ2) is 11.4. The van der Waals surface area contributed by atoms with Crippen molar-refractivity contribution in [2.75, 3.05) is 33.4 Å². The van der Waals surface area contributed by atoms with E-state index >= 15 is 0 Å². The Morgan fingerprint density at radius 2 is 1.96 bits per heavy atom. The summed E-state index contributed by atoms with van der Waals surface area (Å²) in [6.45, 7) is 1.16. The van der Waals surface area contributed by atoms with Crippen LogP contribution >= 0.6 is 0 Å². The minimum Gasteiger partial charge on any atom is -0.493 e. The lowest BCUT2D eigenvalue weighted by Gasteiger charge is -2.12. The zero-order chi connectivity index (χ0) is 17.8. The van der Waals surface area contributed by atoms with Gasteiger partial charge in [0.2, 0.25) is 0 Å². The van der Waals surface area contributed by atoms with E-state index in [2.05, 4.69) is 15.4 Å². The number of hydrogen-bond donors (Lipinski definition) is 2. The highest BCUT2D eigenvalue weighted by Crippen LogP contribution is 2.29. The topological polar surface area (TPSA) is 68.8 Å². The largest absolute Gasteiger partial charge is 0.493 e. The number of alkyl halides is 2. The van der Waals surface area contributed by atoms with Crippen molar-refractivity contribution in [3.63, 3.8) is 0 Å². The Labute approximate surface area is 140 Å². The Morgan fingerprint density at radius 3 is 2.62 bits per heavy atom. The van der Waals surface area contributed by atoms with E-state index in [4.69, 9.17) is 9.47 Å². The van der Waals surface area contributed by atoms with Crippen LogP contribution in [0.5, 0.6) is 11.5 Å². The van der Waals surface area contributed by atoms with Gasteiger partial charge in [-0.1, -0.05) is 6.07 Å². The first-order valence-electron chi connectivity index (χ1n) is 7.78. The summed E-state index contributed by atoms with van der Waals surface area (Å²) in [4.78, 5) is 11.6. The van der Waals surface area contributed by atoms with Gasteiger partial charge in [-0.05, 0) is 37.5 Å². The van der Waals surface area contributed by atoms with E-state index < -0.39 is 6.61 Å². The Morgan fingerprint density at radius 1 is 1.21 bits per heavy atom. The van der Waals surface area contributed by atoms with Gasteiger partial charge in [-0.15, -0.1) is 0 Å². The fraction of sp³-hybridized carbons (Fsp3) is 0.562. The van der Waals surface area contributed by atoms with Crippen molar-refractivity contribution in [2.24, 2.45) is 0 Å². The minimum atomic E-state index is -2.92.